The quantitative estimate of drug-likeness (QED) is 0.120. The van der Waals surface area contributed by atoms with E-state index < -0.39 is 0 Å². The maximum Gasteiger partial charge on any atom is 0.152 e. The Kier molecular flexibility index (Phi) is 11.9. The third-order valence-electron chi connectivity index (χ3n) is 5.65. The van der Waals surface area contributed by atoms with Crippen molar-refractivity contribution in [3.8, 4) is 0 Å². The molecule has 0 amide bonds. The standard InChI is InChI=1S/C25H38N4OS/c1-4-31-28-23-16-15-22(20-30)24(18-23)29-17-11-13-21(19-29)12-9-7-5-6-8-10-14-25(26-2)27-3/h8,10,14-16,18,20-21,27-28H,2,4-7,9,11-13,17,19H2,1,3H3/b10-8-,25-14+. The van der Waals surface area contributed by atoms with E-state index in [1.54, 1.807) is 11.9 Å². The van der Waals surface area contributed by atoms with E-state index in [0.717, 1.165) is 54.3 Å². The summed E-state index contributed by atoms with van der Waals surface area (Å²) in [5.74, 6) is 2.51. The number of carbonyl (C=O) groups is 1. The molecule has 0 radical (unpaired) electrons. The van der Waals surface area contributed by atoms with E-state index in [0.29, 0.717) is 5.92 Å². The SMILES string of the molecule is C=N/C(=C\C=C/CCCCCC1CCCN(c2cc(NSCC)ccc2C=O)C1)NC. The molecule has 0 aliphatic carbocycles. The first-order valence-electron chi connectivity index (χ1n) is 11.4. The molecule has 1 unspecified atom stereocenters. The zero-order valence-electron chi connectivity index (χ0n) is 19.1. The first kappa shape index (κ1) is 25.1. The van der Waals surface area contributed by atoms with Gasteiger partial charge in [0.2, 0.25) is 0 Å². The minimum Gasteiger partial charge on any atom is -0.373 e. The predicted molar refractivity (Wildman–Crippen MR) is 137 cm³/mol. The van der Waals surface area contributed by atoms with E-state index in [9.17, 15) is 4.79 Å². The van der Waals surface area contributed by atoms with Gasteiger partial charge in [-0.25, -0.2) is 4.99 Å². The second-order valence-electron chi connectivity index (χ2n) is 7.91. The van der Waals surface area contributed by atoms with E-state index in [1.165, 1.54) is 38.5 Å². The van der Waals surface area contributed by atoms with E-state index in [2.05, 4.69) is 45.7 Å². The summed E-state index contributed by atoms with van der Waals surface area (Å²) in [4.78, 5) is 17.9. The topological polar surface area (TPSA) is 56.7 Å². The predicted octanol–water partition coefficient (Wildman–Crippen LogP) is 6.06. The Hall–Kier alpha value is -2.21. The average Bonchev–Trinajstić information content (AvgIpc) is 2.82. The largest absolute Gasteiger partial charge is 0.373 e. The van der Waals surface area contributed by atoms with Gasteiger partial charge in [-0.05, 0) is 69.0 Å². The zero-order chi connectivity index (χ0) is 22.3. The Morgan fingerprint density at radius 2 is 2.23 bits per heavy atom. The van der Waals surface area contributed by atoms with Crippen LogP contribution in [0.3, 0.4) is 0 Å². The summed E-state index contributed by atoms with van der Waals surface area (Å²) in [5.41, 5.74) is 2.94. The smallest absolute Gasteiger partial charge is 0.152 e. The molecule has 31 heavy (non-hydrogen) atoms. The molecule has 2 N–H and O–H groups in total. The molecular weight excluding hydrogens is 404 g/mol. The number of unbranched alkanes of at least 4 members (excludes halogenated alkanes) is 3. The molecule has 1 atom stereocenters. The summed E-state index contributed by atoms with van der Waals surface area (Å²) in [5, 5.41) is 2.99. The van der Waals surface area contributed by atoms with Crippen LogP contribution in [-0.2, 0) is 0 Å². The molecule has 0 spiro atoms. The normalized spacial score (nSPS) is 17.0. The number of nitrogens with zero attached hydrogens (tertiary/aromatic N) is 2. The highest BCUT2D eigenvalue weighted by atomic mass is 32.2. The van der Waals surface area contributed by atoms with Crippen LogP contribution >= 0.6 is 11.9 Å². The Morgan fingerprint density at radius 1 is 1.35 bits per heavy atom. The van der Waals surface area contributed by atoms with Crippen LogP contribution in [0.2, 0.25) is 0 Å². The van der Waals surface area contributed by atoms with Crippen LogP contribution in [0.25, 0.3) is 0 Å². The Balaban J connectivity index is 1.78. The van der Waals surface area contributed by atoms with Gasteiger partial charge >= 0.3 is 0 Å². The number of hydrogen-bond donors (Lipinski definition) is 2. The van der Waals surface area contributed by atoms with Crippen LogP contribution in [0.15, 0.2) is 47.2 Å². The van der Waals surface area contributed by atoms with Crippen molar-refractivity contribution in [1.29, 1.82) is 0 Å². The maximum absolute atomic E-state index is 11.6. The Morgan fingerprint density at radius 3 is 2.97 bits per heavy atom. The molecule has 1 heterocycles. The molecule has 0 aromatic heterocycles. The molecule has 1 saturated heterocycles. The third-order valence-corrected chi connectivity index (χ3v) is 6.32. The Labute approximate surface area is 192 Å². The minimum absolute atomic E-state index is 0.713. The van der Waals surface area contributed by atoms with Crippen molar-refractivity contribution >= 4 is 36.3 Å². The first-order chi connectivity index (χ1) is 15.2. The number of carbonyl (C=O) groups excluding carboxylic acids is 1. The van der Waals surface area contributed by atoms with E-state index in [4.69, 9.17) is 0 Å². The zero-order valence-corrected chi connectivity index (χ0v) is 19.9. The molecule has 1 aromatic rings. The molecule has 1 aliphatic rings. The number of aliphatic imine (C=N–C) groups is 1. The highest BCUT2D eigenvalue weighted by molar-refractivity contribution is 8.00. The minimum atomic E-state index is 0.713. The molecule has 5 nitrogen and oxygen atoms in total. The van der Waals surface area contributed by atoms with Crippen molar-refractivity contribution in [3.05, 3.63) is 47.8 Å². The fourth-order valence-corrected chi connectivity index (χ4v) is 4.44. The van der Waals surface area contributed by atoms with Crippen LogP contribution < -0.4 is 14.9 Å². The molecule has 1 aromatic carbocycles. The monoisotopic (exact) mass is 442 g/mol. The molecule has 1 fully saturated rings. The van der Waals surface area contributed by atoms with Crippen molar-refractivity contribution in [2.45, 2.75) is 51.9 Å². The van der Waals surface area contributed by atoms with Crippen molar-refractivity contribution in [2.75, 3.05) is 35.5 Å². The van der Waals surface area contributed by atoms with Crippen LogP contribution in [0, 0.1) is 5.92 Å². The van der Waals surface area contributed by atoms with Crippen LogP contribution in [0.4, 0.5) is 11.4 Å². The lowest BCUT2D eigenvalue weighted by Gasteiger charge is -2.35. The maximum atomic E-state index is 11.6. The number of nitrogens with one attached hydrogen (secondary N) is 2. The number of anilines is 2. The van der Waals surface area contributed by atoms with Gasteiger partial charge in [0.05, 0.1) is 0 Å². The highest BCUT2D eigenvalue weighted by Crippen LogP contribution is 2.31. The summed E-state index contributed by atoms with van der Waals surface area (Å²) >= 11 is 1.68. The molecule has 1 aliphatic heterocycles. The second kappa shape index (κ2) is 14.7. The van der Waals surface area contributed by atoms with Crippen LogP contribution in [0.5, 0.6) is 0 Å². The van der Waals surface area contributed by atoms with Gasteiger partial charge in [-0.1, -0.05) is 43.9 Å². The number of benzene rings is 1. The summed E-state index contributed by atoms with van der Waals surface area (Å²) in [6, 6.07) is 6.07. The van der Waals surface area contributed by atoms with Gasteiger partial charge in [0.15, 0.2) is 6.29 Å². The molecular formula is C25H38N4OS. The van der Waals surface area contributed by atoms with Gasteiger partial charge in [-0.3, -0.25) is 4.79 Å². The van der Waals surface area contributed by atoms with Gasteiger partial charge in [0.1, 0.15) is 5.82 Å². The highest BCUT2D eigenvalue weighted by Gasteiger charge is 2.21. The van der Waals surface area contributed by atoms with Crippen molar-refractivity contribution in [3.63, 3.8) is 0 Å². The first-order valence-corrected chi connectivity index (χ1v) is 12.4. The molecule has 0 bridgehead atoms. The second-order valence-corrected chi connectivity index (χ2v) is 8.98. The van der Waals surface area contributed by atoms with Crippen LogP contribution in [0.1, 0.15) is 62.2 Å². The molecule has 2 rings (SSSR count). The summed E-state index contributed by atoms with van der Waals surface area (Å²) in [7, 11) is 1.85. The summed E-state index contributed by atoms with van der Waals surface area (Å²) in [6.07, 6.45) is 15.8. The van der Waals surface area contributed by atoms with Gasteiger partial charge < -0.3 is 14.9 Å². The van der Waals surface area contributed by atoms with E-state index in [-0.39, 0.29) is 0 Å². The van der Waals surface area contributed by atoms with Gasteiger partial charge in [-0.2, -0.15) is 0 Å². The molecule has 170 valence electrons. The summed E-state index contributed by atoms with van der Waals surface area (Å²) < 4.78 is 3.37. The number of aldehydes is 1. The average molecular weight is 443 g/mol. The van der Waals surface area contributed by atoms with Crippen molar-refractivity contribution in [1.82, 2.24) is 5.32 Å². The lowest BCUT2D eigenvalue weighted by Crippen LogP contribution is -2.36. The lowest BCUT2D eigenvalue weighted by molar-refractivity contribution is 0.112. The lowest BCUT2D eigenvalue weighted by atomic mass is 9.91. The fourth-order valence-electron chi connectivity index (χ4n) is 4.00. The molecule has 0 saturated carbocycles. The number of rotatable bonds is 14. The van der Waals surface area contributed by atoms with Crippen molar-refractivity contribution in [2.24, 2.45) is 10.9 Å². The van der Waals surface area contributed by atoms with Gasteiger partial charge in [0, 0.05) is 42.8 Å². The van der Waals surface area contributed by atoms with Crippen LogP contribution in [-0.4, -0.2) is 38.9 Å². The van der Waals surface area contributed by atoms with Gasteiger partial charge in [-0.15, -0.1) is 0 Å². The van der Waals surface area contributed by atoms with E-state index >= 15 is 0 Å². The Bertz CT molecular complexity index is 747. The fraction of sp³-hybridized carbons (Fsp3) is 0.520. The van der Waals surface area contributed by atoms with Gasteiger partial charge in [0.25, 0.3) is 0 Å². The number of allylic oxidation sites excluding steroid dienone is 3. The summed E-state index contributed by atoms with van der Waals surface area (Å²) in [6.45, 7) is 7.74. The van der Waals surface area contributed by atoms with E-state index in [1.807, 2.05) is 31.3 Å². The van der Waals surface area contributed by atoms with Crippen molar-refractivity contribution < 1.29 is 4.79 Å². The number of hydrogen-bond acceptors (Lipinski definition) is 6. The third kappa shape index (κ3) is 8.82. The number of piperidine rings is 1. The molecule has 6 heteroatoms.